The van der Waals surface area contributed by atoms with Crippen LogP contribution in [0.3, 0.4) is 0 Å². The van der Waals surface area contributed by atoms with Crippen LogP contribution in [0.2, 0.25) is 0 Å². The van der Waals surface area contributed by atoms with Crippen LogP contribution in [-0.4, -0.2) is 13.1 Å². The number of ether oxygens (including phenoxy) is 1. The molecule has 1 saturated carbocycles. The molecule has 3 nitrogen and oxygen atoms in total. The van der Waals surface area contributed by atoms with E-state index < -0.39 is 0 Å². The van der Waals surface area contributed by atoms with Crippen LogP contribution in [0.15, 0.2) is 24.3 Å². The van der Waals surface area contributed by atoms with Crippen molar-refractivity contribution < 1.29 is 9.53 Å². The van der Waals surface area contributed by atoms with E-state index in [1.54, 1.807) is 12.1 Å². The molecular formula is C12H15NO2. The Morgan fingerprint density at radius 2 is 2.00 bits per heavy atom. The third kappa shape index (κ3) is 2.18. The van der Waals surface area contributed by atoms with E-state index in [-0.39, 0.29) is 12.0 Å². The van der Waals surface area contributed by atoms with Gasteiger partial charge in [0.1, 0.15) is 0 Å². The Bertz CT molecular complexity index is 354. The number of rotatable bonds is 3. The Kier molecular flexibility index (Phi) is 2.73. The van der Waals surface area contributed by atoms with Crippen molar-refractivity contribution in [3.05, 3.63) is 35.4 Å². The summed E-state index contributed by atoms with van der Waals surface area (Å²) in [6.07, 6.45) is 2.44. The fourth-order valence-corrected chi connectivity index (χ4v) is 1.69. The maximum Gasteiger partial charge on any atom is 0.337 e. The van der Waals surface area contributed by atoms with Crippen LogP contribution < -0.4 is 5.73 Å². The van der Waals surface area contributed by atoms with Gasteiger partial charge < -0.3 is 10.5 Å². The lowest BCUT2D eigenvalue weighted by Crippen LogP contribution is -2.12. The highest BCUT2D eigenvalue weighted by Crippen LogP contribution is 2.39. The molecule has 0 spiro atoms. The average Bonchev–Trinajstić information content (AvgIpc) is 3.11. The second-order valence-corrected chi connectivity index (χ2v) is 3.98. The summed E-state index contributed by atoms with van der Waals surface area (Å²) in [5.74, 6) is 0.329. The average molecular weight is 205 g/mol. The van der Waals surface area contributed by atoms with Gasteiger partial charge in [-0.25, -0.2) is 4.79 Å². The summed E-state index contributed by atoms with van der Waals surface area (Å²) in [5, 5.41) is 0. The minimum atomic E-state index is -0.304. The van der Waals surface area contributed by atoms with Crippen molar-refractivity contribution in [2.24, 2.45) is 11.7 Å². The number of methoxy groups -OCH3 is 1. The highest BCUT2D eigenvalue weighted by molar-refractivity contribution is 5.89. The standard InChI is InChI=1S/C12H15NO2/c1-15-12(14)10-6-4-9(5-7-10)11(13)8-2-3-8/h4-8,11H,2-3,13H2,1H3/t11-/m1/s1. The number of esters is 1. The number of benzene rings is 1. The van der Waals surface area contributed by atoms with Gasteiger partial charge in [-0.2, -0.15) is 0 Å². The first kappa shape index (κ1) is 10.2. The zero-order chi connectivity index (χ0) is 10.8. The number of hydrogen-bond acceptors (Lipinski definition) is 3. The molecule has 3 heteroatoms. The number of nitrogens with two attached hydrogens (primary N) is 1. The van der Waals surface area contributed by atoms with E-state index in [4.69, 9.17) is 5.73 Å². The second-order valence-electron chi connectivity index (χ2n) is 3.98. The predicted octanol–water partition coefficient (Wildman–Crippen LogP) is 1.88. The highest BCUT2D eigenvalue weighted by atomic mass is 16.5. The molecule has 2 rings (SSSR count). The Morgan fingerprint density at radius 3 is 2.47 bits per heavy atom. The number of carbonyl (C=O) groups excluding carboxylic acids is 1. The van der Waals surface area contributed by atoms with Crippen molar-refractivity contribution >= 4 is 5.97 Å². The Morgan fingerprint density at radius 1 is 1.40 bits per heavy atom. The lowest BCUT2D eigenvalue weighted by molar-refractivity contribution is 0.0600. The van der Waals surface area contributed by atoms with Crippen LogP contribution in [0.5, 0.6) is 0 Å². The first-order valence-corrected chi connectivity index (χ1v) is 5.16. The Hall–Kier alpha value is -1.35. The minimum absolute atomic E-state index is 0.122. The molecular weight excluding hydrogens is 190 g/mol. The molecule has 80 valence electrons. The van der Waals surface area contributed by atoms with Crippen LogP contribution in [-0.2, 0) is 4.74 Å². The van der Waals surface area contributed by atoms with Gasteiger partial charge in [-0.3, -0.25) is 0 Å². The van der Waals surface area contributed by atoms with E-state index in [2.05, 4.69) is 4.74 Å². The molecule has 1 fully saturated rings. The summed E-state index contributed by atoms with van der Waals surface area (Å²) in [7, 11) is 1.38. The van der Waals surface area contributed by atoms with E-state index in [1.807, 2.05) is 12.1 Å². The zero-order valence-electron chi connectivity index (χ0n) is 8.77. The van der Waals surface area contributed by atoms with Gasteiger partial charge in [0.15, 0.2) is 0 Å². The van der Waals surface area contributed by atoms with Crippen LogP contribution in [0.1, 0.15) is 34.8 Å². The van der Waals surface area contributed by atoms with Crippen molar-refractivity contribution in [2.45, 2.75) is 18.9 Å². The molecule has 0 heterocycles. The third-order valence-corrected chi connectivity index (χ3v) is 2.85. The SMILES string of the molecule is COC(=O)c1ccc([C@H](N)C2CC2)cc1. The van der Waals surface area contributed by atoms with Gasteiger partial charge in [-0.15, -0.1) is 0 Å². The Balaban J connectivity index is 2.12. The van der Waals surface area contributed by atoms with Crippen LogP contribution >= 0.6 is 0 Å². The van der Waals surface area contributed by atoms with E-state index in [0.29, 0.717) is 11.5 Å². The molecule has 2 N–H and O–H groups in total. The summed E-state index contributed by atoms with van der Waals surface area (Å²) in [5.41, 5.74) is 7.72. The molecule has 1 aliphatic rings. The number of carbonyl (C=O) groups is 1. The third-order valence-electron chi connectivity index (χ3n) is 2.85. The summed E-state index contributed by atoms with van der Waals surface area (Å²) in [4.78, 5) is 11.2. The van der Waals surface area contributed by atoms with Gasteiger partial charge in [0.2, 0.25) is 0 Å². The molecule has 0 amide bonds. The molecule has 1 aromatic rings. The zero-order valence-corrected chi connectivity index (χ0v) is 8.77. The molecule has 0 aromatic heterocycles. The smallest absolute Gasteiger partial charge is 0.337 e. The largest absolute Gasteiger partial charge is 0.465 e. The fourth-order valence-electron chi connectivity index (χ4n) is 1.69. The van der Waals surface area contributed by atoms with Crippen LogP contribution in [0, 0.1) is 5.92 Å². The van der Waals surface area contributed by atoms with Gasteiger partial charge in [-0.05, 0) is 36.5 Å². The van der Waals surface area contributed by atoms with E-state index in [9.17, 15) is 4.79 Å². The molecule has 0 unspecified atom stereocenters. The predicted molar refractivity (Wildman–Crippen MR) is 57.4 cm³/mol. The fraction of sp³-hybridized carbons (Fsp3) is 0.417. The lowest BCUT2D eigenvalue weighted by atomic mass is 10.0. The first-order chi connectivity index (χ1) is 7.22. The van der Waals surface area contributed by atoms with Crippen molar-refractivity contribution in [3.63, 3.8) is 0 Å². The molecule has 0 radical (unpaired) electrons. The normalized spacial score (nSPS) is 17.2. The molecule has 0 bridgehead atoms. The molecule has 0 aliphatic heterocycles. The number of hydrogen-bond donors (Lipinski definition) is 1. The summed E-state index contributed by atoms with van der Waals surface area (Å²) >= 11 is 0. The van der Waals surface area contributed by atoms with E-state index in [1.165, 1.54) is 20.0 Å². The molecule has 1 aliphatic carbocycles. The van der Waals surface area contributed by atoms with Crippen molar-refractivity contribution in [2.75, 3.05) is 7.11 Å². The van der Waals surface area contributed by atoms with Gasteiger partial charge >= 0.3 is 5.97 Å². The Labute approximate surface area is 89.2 Å². The van der Waals surface area contributed by atoms with Crippen molar-refractivity contribution in [3.8, 4) is 0 Å². The lowest BCUT2D eigenvalue weighted by Gasteiger charge is -2.10. The minimum Gasteiger partial charge on any atom is -0.465 e. The maximum absolute atomic E-state index is 11.2. The molecule has 15 heavy (non-hydrogen) atoms. The van der Waals surface area contributed by atoms with Crippen molar-refractivity contribution in [1.29, 1.82) is 0 Å². The topological polar surface area (TPSA) is 52.3 Å². The summed E-state index contributed by atoms with van der Waals surface area (Å²) < 4.78 is 4.63. The van der Waals surface area contributed by atoms with Crippen molar-refractivity contribution in [1.82, 2.24) is 0 Å². The van der Waals surface area contributed by atoms with Gasteiger partial charge in [0, 0.05) is 6.04 Å². The van der Waals surface area contributed by atoms with Gasteiger partial charge in [0.25, 0.3) is 0 Å². The van der Waals surface area contributed by atoms with Gasteiger partial charge in [-0.1, -0.05) is 12.1 Å². The first-order valence-electron chi connectivity index (χ1n) is 5.16. The molecule has 1 atom stereocenters. The molecule has 0 saturated heterocycles. The van der Waals surface area contributed by atoms with Crippen LogP contribution in [0.4, 0.5) is 0 Å². The van der Waals surface area contributed by atoms with Crippen LogP contribution in [0.25, 0.3) is 0 Å². The second kappa shape index (κ2) is 4.03. The monoisotopic (exact) mass is 205 g/mol. The van der Waals surface area contributed by atoms with E-state index in [0.717, 1.165) is 5.56 Å². The highest BCUT2D eigenvalue weighted by Gasteiger charge is 2.29. The van der Waals surface area contributed by atoms with Gasteiger partial charge in [0.05, 0.1) is 12.7 Å². The summed E-state index contributed by atoms with van der Waals surface area (Å²) in [6, 6.07) is 7.48. The quantitative estimate of drug-likeness (QED) is 0.766. The molecule has 1 aromatic carbocycles. The summed E-state index contributed by atoms with van der Waals surface area (Å²) in [6.45, 7) is 0. The maximum atomic E-state index is 11.2. The van der Waals surface area contributed by atoms with E-state index >= 15 is 0 Å².